The highest BCUT2D eigenvalue weighted by atomic mass is 32.2. The molecule has 1 aliphatic heterocycles. The molecular formula is C28H31N3O5S. The molecule has 8 nitrogen and oxygen atoms in total. The molecule has 0 saturated carbocycles. The van der Waals surface area contributed by atoms with E-state index in [0.29, 0.717) is 17.9 Å². The van der Waals surface area contributed by atoms with E-state index in [0.717, 1.165) is 37.1 Å². The fourth-order valence-electron chi connectivity index (χ4n) is 4.13. The van der Waals surface area contributed by atoms with Crippen LogP contribution < -0.4 is 14.8 Å². The van der Waals surface area contributed by atoms with Crippen molar-refractivity contribution in [2.45, 2.75) is 37.1 Å². The third-order valence-electron chi connectivity index (χ3n) is 6.19. The van der Waals surface area contributed by atoms with Gasteiger partial charge in [0, 0.05) is 24.8 Å². The first-order valence-electron chi connectivity index (χ1n) is 12.3. The average molecular weight is 522 g/mol. The standard InChI is InChI=1S/C28H31N3O5S/c1-21(23-7-3-2-4-8-23)30-37(34,35)26-15-13-25(14-16-26)36-20-27(32)29-24-11-9-22(10-12-24)19-28(33)31-17-5-6-18-31/h2-4,7-16,21,30H,5-6,17-20H2,1H3,(H,29,32)/t21-/m0/s1. The number of hydrogen-bond acceptors (Lipinski definition) is 5. The monoisotopic (exact) mass is 521 g/mol. The van der Waals surface area contributed by atoms with Gasteiger partial charge in [-0.2, -0.15) is 0 Å². The van der Waals surface area contributed by atoms with E-state index in [-0.39, 0.29) is 29.4 Å². The number of hydrogen-bond donors (Lipinski definition) is 2. The predicted octanol–water partition coefficient (Wildman–Crippen LogP) is 3.91. The number of likely N-dealkylation sites (tertiary alicyclic amines) is 1. The number of nitrogens with one attached hydrogen (secondary N) is 2. The van der Waals surface area contributed by atoms with Gasteiger partial charge in [0.25, 0.3) is 5.91 Å². The summed E-state index contributed by atoms with van der Waals surface area (Å²) in [6, 6.07) is 22.0. The summed E-state index contributed by atoms with van der Waals surface area (Å²) in [6.45, 7) is 3.21. The highest BCUT2D eigenvalue weighted by Gasteiger charge is 2.19. The largest absolute Gasteiger partial charge is 0.484 e. The Kier molecular flexibility index (Phi) is 8.58. The Morgan fingerprint density at radius 3 is 2.22 bits per heavy atom. The van der Waals surface area contributed by atoms with Crippen LogP contribution in [0.25, 0.3) is 0 Å². The Hall–Kier alpha value is -3.69. The number of ether oxygens (including phenoxy) is 1. The van der Waals surface area contributed by atoms with Crippen molar-refractivity contribution in [3.8, 4) is 5.75 Å². The average Bonchev–Trinajstić information content (AvgIpc) is 3.45. The Morgan fingerprint density at radius 2 is 1.57 bits per heavy atom. The normalized spacial score (nSPS) is 14.2. The molecule has 0 aliphatic carbocycles. The first kappa shape index (κ1) is 26.4. The number of anilines is 1. The van der Waals surface area contributed by atoms with E-state index in [1.807, 2.05) is 47.4 Å². The molecule has 1 aliphatic rings. The number of benzene rings is 3. The zero-order valence-corrected chi connectivity index (χ0v) is 21.5. The minimum Gasteiger partial charge on any atom is -0.484 e. The molecule has 37 heavy (non-hydrogen) atoms. The first-order valence-corrected chi connectivity index (χ1v) is 13.8. The summed E-state index contributed by atoms with van der Waals surface area (Å²) in [5, 5.41) is 2.76. The number of nitrogens with zero attached hydrogens (tertiary/aromatic N) is 1. The summed E-state index contributed by atoms with van der Waals surface area (Å²) < 4.78 is 33.6. The maximum atomic E-state index is 12.7. The zero-order valence-electron chi connectivity index (χ0n) is 20.7. The van der Waals surface area contributed by atoms with Crippen LogP contribution in [-0.4, -0.2) is 44.8 Å². The van der Waals surface area contributed by atoms with E-state index >= 15 is 0 Å². The Bertz CT molecular complexity index is 1300. The molecule has 2 amide bonds. The van der Waals surface area contributed by atoms with Crippen molar-refractivity contribution in [1.82, 2.24) is 9.62 Å². The van der Waals surface area contributed by atoms with Crippen LogP contribution in [0.4, 0.5) is 5.69 Å². The topological polar surface area (TPSA) is 105 Å². The summed E-state index contributed by atoms with van der Waals surface area (Å²) in [4.78, 5) is 26.6. The van der Waals surface area contributed by atoms with Crippen molar-refractivity contribution in [2.75, 3.05) is 25.0 Å². The van der Waals surface area contributed by atoms with Gasteiger partial charge < -0.3 is 15.0 Å². The Labute approximate surface area is 217 Å². The maximum absolute atomic E-state index is 12.7. The van der Waals surface area contributed by atoms with Crippen molar-refractivity contribution in [2.24, 2.45) is 0 Å². The second kappa shape index (κ2) is 12.0. The Balaban J connectivity index is 1.24. The van der Waals surface area contributed by atoms with Crippen molar-refractivity contribution >= 4 is 27.5 Å². The number of rotatable bonds is 10. The van der Waals surface area contributed by atoms with E-state index < -0.39 is 10.0 Å². The van der Waals surface area contributed by atoms with Crippen LogP contribution in [0, 0.1) is 0 Å². The molecule has 1 heterocycles. The summed E-state index contributed by atoms with van der Waals surface area (Å²) in [5.74, 6) is 0.153. The van der Waals surface area contributed by atoms with Gasteiger partial charge in [0.05, 0.1) is 11.3 Å². The fourth-order valence-corrected chi connectivity index (χ4v) is 5.36. The first-order chi connectivity index (χ1) is 17.8. The molecule has 3 aromatic rings. The molecule has 0 aromatic heterocycles. The molecular weight excluding hydrogens is 490 g/mol. The quantitative estimate of drug-likeness (QED) is 0.421. The van der Waals surface area contributed by atoms with Crippen LogP contribution in [0.3, 0.4) is 0 Å². The molecule has 0 spiro atoms. The molecule has 1 atom stereocenters. The van der Waals surface area contributed by atoms with Crippen LogP contribution in [0.2, 0.25) is 0 Å². The number of amides is 2. The van der Waals surface area contributed by atoms with E-state index in [4.69, 9.17) is 4.74 Å². The van der Waals surface area contributed by atoms with Gasteiger partial charge >= 0.3 is 0 Å². The van der Waals surface area contributed by atoms with Gasteiger partial charge in [-0.15, -0.1) is 0 Å². The molecule has 0 radical (unpaired) electrons. The third kappa shape index (κ3) is 7.41. The summed E-state index contributed by atoms with van der Waals surface area (Å²) in [5.41, 5.74) is 2.36. The highest BCUT2D eigenvalue weighted by molar-refractivity contribution is 7.89. The molecule has 0 unspecified atom stereocenters. The van der Waals surface area contributed by atoms with E-state index in [1.165, 1.54) is 24.3 Å². The lowest BCUT2D eigenvalue weighted by molar-refractivity contribution is -0.129. The molecule has 2 N–H and O–H groups in total. The minimum absolute atomic E-state index is 0.107. The third-order valence-corrected chi connectivity index (χ3v) is 7.74. The van der Waals surface area contributed by atoms with Crippen molar-refractivity contribution in [3.05, 3.63) is 90.0 Å². The fraction of sp³-hybridized carbons (Fsp3) is 0.286. The summed E-state index contributed by atoms with van der Waals surface area (Å²) in [6.07, 6.45) is 2.48. The van der Waals surface area contributed by atoms with Crippen molar-refractivity contribution in [1.29, 1.82) is 0 Å². The van der Waals surface area contributed by atoms with E-state index in [9.17, 15) is 18.0 Å². The number of carbonyl (C=O) groups is 2. The lowest BCUT2D eigenvalue weighted by atomic mass is 10.1. The van der Waals surface area contributed by atoms with Crippen LogP contribution in [-0.2, 0) is 26.0 Å². The lowest BCUT2D eigenvalue weighted by Crippen LogP contribution is -2.29. The SMILES string of the molecule is C[C@H](NS(=O)(=O)c1ccc(OCC(=O)Nc2ccc(CC(=O)N3CCCC3)cc2)cc1)c1ccccc1. The molecule has 3 aromatic carbocycles. The summed E-state index contributed by atoms with van der Waals surface area (Å²) in [7, 11) is -3.72. The van der Waals surface area contributed by atoms with Gasteiger partial charge in [0.2, 0.25) is 15.9 Å². The van der Waals surface area contributed by atoms with Gasteiger partial charge in [0.1, 0.15) is 5.75 Å². The predicted molar refractivity (Wildman–Crippen MR) is 142 cm³/mol. The molecule has 1 saturated heterocycles. The van der Waals surface area contributed by atoms with Gasteiger partial charge in [-0.25, -0.2) is 13.1 Å². The smallest absolute Gasteiger partial charge is 0.262 e. The number of carbonyl (C=O) groups excluding carboxylic acids is 2. The Morgan fingerprint density at radius 1 is 0.919 bits per heavy atom. The number of sulfonamides is 1. The second-order valence-electron chi connectivity index (χ2n) is 9.02. The van der Waals surface area contributed by atoms with Crippen molar-refractivity contribution in [3.63, 3.8) is 0 Å². The van der Waals surface area contributed by atoms with Gasteiger partial charge in [-0.3, -0.25) is 9.59 Å². The van der Waals surface area contributed by atoms with Gasteiger partial charge in [-0.1, -0.05) is 42.5 Å². The van der Waals surface area contributed by atoms with Crippen LogP contribution in [0.5, 0.6) is 5.75 Å². The summed E-state index contributed by atoms with van der Waals surface area (Å²) >= 11 is 0. The highest BCUT2D eigenvalue weighted by Crippen LogP contribution is 2.20. The van der Waals surface area contributed by atoms with Crippen LogP contribution >= 0.6 is 0 Å². The van der Waals surface area contributed by atoms with Gasteiger partial charge in [0.15, 0.2) is 6.61 Å². The second-order valence-corrected chi connectivity index (χ2v) is 10.7. The zero-order chi connectivity index (χ0) is 26.3. The van der Waals surface area contributed by atoms with Crippen LogP contribution in [0.15, 0.2) is 83.8 Å². The van der Waals surface area contributed by atoms with E-state index in [1.54, 1.807) is 19.1 Å². The molecule has 4 rings (SSSR count). The molecule has 0 bridgehead atoms. The lowest BCUT2D eigenvalue weighted by Gasteiger charge is -2.15. The van der Waals surface area contributed by atoms with Crippen molar-refractivity contribution < 1.29 is 22.7 Å². The molecule has 194 valence electrons. The minimum atomic E-state index is -3.72. The van der Waals surface area contributed by atoms with E-state index in [2.05, 4.69) is 10.0 Å². The van der Waals surface area contributed by atoms with Gasteiger partial charge in [-0.05, 0) is 67.3 Å². The maximum Gasteiger partial charge on any atom is 0.262 e. The van der Waals surface area contributed by atoms with Crippen LogP contribution in [0.1, 0.15) is 36.9 Å². The molecule has 9 heteroatoms. The molecule has 1 fully saturated rings.